The zero-order valence-corrected chi connectivity index (χ0v) is 19.7. The molecule has 14 heteroatoms. The predicted octanol–water partition coefficient (Wildman–Crippen LogP) is -8.84. The first-order chi connectivity index (χ1) is 11.6. The predicted molar refractivity (Wildman–Crippen MR) is 79.4 cm³/mol. The first-order valence-corrected chi connectivity index (χ1v) is 8.81. The molecule has 1 fully saturated rings. The molecule has 0 aliphatic carbocycles. The number of nitrogens with zero attached hydrogens (tertiary/aromatic N) is 1. The van der Waals surface area contributed by atoms with Crippen molar-refractivity contribution in [1.29, 1.82) is 0 Å². The first kappa shape index (κ1) is 27.0. The van der Waals surface area contributed by atoms with Crippen LogP contribution in [0.5, 0.6) is 0 Å². The molecular formula is C13H15N2Na2O9P. The van der Waals surface area contributed by atoms with Crippen molar-refractivity contribution in [3.8, 4) is 0 Å². The van der Waals surface area contributed by atoms with Gasteiger partial charge in [-0.2, -0.15) is 0 Å². The molecule has 0 spiro atoms. The van der Waals surface area contributed by atoms with E-state index in [4.69, 9.17) is 4.74 Å². The van der Waals surface area contributed by atoms with Crippen LogP contribution in [-0.2, 0) is 18.6 Å². The van der Waals surface area contributed by atoms with Crippen molar-refractivity contribution in [3.05, 3.63) is 39.2 Å². The number of H-pyrrole nitrogens is 1. The molecule has 138 valence electrons. The second kappa shape index (κ2) is 11.2. The zero-order valence-electron chi connectivity index (χ0n) is 14.8. The normalized spacial score (nSPS) is 23.6. The summed E-state index contributed by atoms with van der Waals surface area (Å²) in [6, 6.07) is 0. The zero-order chi connectivity index (χ0) is 18.8. The van der Waals surface area contributed by atoms with E-state index in [1.807, 2.05) is 0 Å². The summed E-state index contributed by atoms with van der Waals surface area (Å²) in [5.74, 6) is -1.82. The van der Waals surface area contributed by atoms with Crippen molar-refractivity contribution in [1.82, 2.24) is 9.55 Å². The summed E-state index contributed by atoms with van der Waals surface area (Å²) < 4.78 is 22.3. The van der Waals surface area contributed by atoms with Gasteiger partial charge in [-0.3, -0.25) is 14.3 Å². The van der Waals surface area contributed by atoms with Gasteiger partial charge in [-0.05, 0) is 0 Å². The van der Waals surface area contributed by atoms with Crippen molar-refractivity contribution >= 4 is 19.6 Å². The molecule has 11 nitrogen and oxygen atoms in total. The summed E-state index contributed by atoms with van der Waals surface area (Å²) >= 11 is 0. The van der Waals surface area contributed by atoms with Crippen LogP contribution >= 0.6 is 7.60 Å². The molecule has 0 amide bonds. The molecule has 2 rings (SSSR count). The van der Waals surface area contributed by atoms with Crippen LogP contribution < -0.4 is 80.4 Å². The number of carbonyl (C=O) groups is 1. The van der Waals surface area contributed by atoms with Gasteiger partial charge in [-0.15, -0.1) is 0 Å². The number of hydrogen-bond donors (Lipinski definition) is 2. The number of aromatic amines is 1. The number of ether oxygens (including phenoxy) is 1. The molecule has 2 heterocycles. The van der Waals surface area contributed by atoms with Gasteiger partial charge >= 0.3 is 64.8 Å². The van der Waals surface area contributed by atoms with Crippen LogP contribution in [-0.4, -0.2) is 45.6 Å². The molecule has 0 bridgehead atoms. The molecule has 1 aliphatic heterocycles. The summed E-state index contributed by atoms with van der Waals surface area (Å²) in [4.78, 5) is 47.1. The molecule has 1 aliphatic rings. The average Bonchev–Trinajstić information content (AvgIpc) is 2.85. The van der Waals surface area contributed by atoms with Crippen molar-refractivity contribution in [2.75, 3.05) is 12.8 Å². The van der Waals surface area contributed by atoms with E-state index in [1.165, 1.54) is 12.3 Å². The van der Waals surface area contributed by atoms with Crippen molar-refractivity contribution in [3.63, 3.8) is 0 Å². The van der Waals surface area contributed by atoms with Crippen LogP contribution in [0.25, 0.3) is 6.08 Å². The Morgan fingerprint density at radius 1 is 1.52 bits per heavy atom. The quantitative estimate of drug-likeness (QED) is 0.321. The number of carboxylic acid groups (broad SMARTS) is 1. The Labute approximate surface area is 197 Å². The van der Waals surface area contributed by atoms with E-state index in [1.54, 1.807) is 0 Å². The standard InChI is InChI=1S/C13H17N2O9P.2Na/c1-2-7-4-15(13(20)14-12(7)19)10-3-8(16)9(24-10)5-23-25(21,22)6-11(17)18;;/h2,4,8-10,16H,1,3,5-6H2,(H,17,18)(H,21,22)(H,14,19,20);;/q;2*+1/p-2/t8-,9+,10+;;/m0../s1. The molecular weight excluding hydrogens is 405 g/mol. The summed E-state index contributed by atoms with van der Waals surface area (Å²) in [5.41, 5.74) is -1.31. The van der Waals surface area contributed by atoms with E-state index < -0.39 is 56.0 Å². The molecule has 1 unspecified atom stereocenters. The van der Waals surface area contributed by atoms with Gasteiger partial charge in [0.05, 0.1) is 24.4 Å². The van der Waals surface area contributed by atoms with Gasteiger partial charge in [0.15, 0.2) is 0 Å². The number of carboxylic acids is 1. The number of rotatable bonds is 7. The monoisotopic (exact) mass is 420 g/mol. The van der Waals surface area contributed by atoms with Gasteiger partial charge in [0, 0.05) is 18.6 Å². The average molecular weight is 420 g/mol. The molecule has 0 radical (unpaired) electrons. The smallest absolute Gasteiger partial charge is 0.778 e. The number of aliphatic hydroxyl groups is 1. The van der Waals surface area contributed by atoms with Crippen molar-refractivity contribution in [2.24, 2.45) is 0 Å². The van der Waals surface area contributed by atoms with Gasteiger partial charge in [0.25, 0.3) is 5.56 Å². The van der Waals surface area contributed by atoms with Gasteiger partial charge in [0.1, 0.15) is 19.9 Å². The topological polar surface area (TPSA) is 174 Å². The van der Waals surface area contributed by atoms with Crippen molar-refractivity contribution < 1.29 is 92.8 Å². The van der Waals surface area contributed by atoms with Crippen LogP contribution in [0.4, 0.5) is 0 Å². The number of aliphatic carboxylic acids is 1. The third kappa shape index (κ3) is 7.37. The molecule has 1 aromatic heterocycles. The summed E-state index contributed by atoms with van der Waals surface area (Å²) in [7, 11) is -4.68. The van der Waals surface area contributed by atoms with E-state index in [0.717, 1.165) is 4.57 Å². The largest absolute Gasteiger partial charge is 1.00 e. The minimum Gasteiger partial charge on any atom is -0.778 e. The first-order valence-electron chi connectivity index (χ1n) is 7.09. The maximum atomic E-state index is 11.9. The van der Waals surface area contributed by atoms with Crippen LogP contribution in [0.15, 0.2) is 22.4 Å². The SMILES string of the molecule is C=Cc1cn([C@H]2C[C@H](O)[C@@H](COP(=O)([O-])CC(=O)[O-])O2)c(=O)[nH]c1=O.[Na+].[Na+]. The fraction of sp³-hybridized carbons (Fsp3) is 0.462. The maximum Gasteiger partial charge on any atom is 1.00 e. The number of aromatic nitrogens is 2. The maximum absolute atomic E-state index is 11.9. The Bertz CT molecular complexity index is 840. The number of hydrogen-bond acceptors (Lipinski definition) is 9. The van der Waals surface area contributed by atoms with Crippen LogP contribution in [0.3, 0.4) is 0 Å². The number of aliphatic hydroxyl groups excluding tert-OH is 1. The van der Waals surface area contributed by atoms with Crippen LogP contribution in [0, 0.1) is 0 Å². The van der Waals surface area contributed by atoms with E-state index >= 15 is 0 Å². The second-order valence-corrected chi connectivity index (χ2v) is 7.12. The molecule has 4 atom stereocenters. The van der Waals surface area contributed by atoms with Gasteiger partial charge in [-0.1, -0.05) is 12.7 Å². The molecule has 1 saturated heterocycles. The third-order valence-electron chi connectivity index (χ3n) is 3.49. The van der Waals surface area contributed by atoms with Crippen LogP contribution in [0.2, 0.25) is 0 Å². The Kier molecular flexibility index (Phi) is 11.2. The van der Waals surface area contributed by atoms with Gasteiger partial charge in [-0.25, -0.2) is 4.79 Å². The summed E-state index contributed by atoms with van der Waals surface area (Å²) in [6.45, 7) is 2.81. The van der Waals surface area contributed by atoms with Crippen LogP contribution in [0.1, 0.15) is 18.2 Å². The van der Waals surface area contributed by atoms with E-state index in [0.29, 0.717) is 0 Å². The molecule has 2 N–H and O–H groups in total. The fourth-order valence-electron chi connectivity index (χ4n) is 2.29. The minimum atomic E-state index is -4.68. The van der Waals surface area contributed by atoms with Crippen molar-refractivity contribution in [2.45, 2.75) is 24.9 Å². The molecule has 1 aromatic rings. The van der Waals surface area contributed by atoms with E-state index in [-0.39, 0.29) is 71.1 Å². The minimum absolute atomic E-state index is 0. The van der Waals surface area contributed by atoms with E-state index in [2.05, 4.69) is 16.1 Å². The van der Waals surface area contributed by atoms with Gasteiger partial charge in [0.2, 0.25) is 0 Å². The summed E-state index contributed by atoms with van der Waals surface area (Å²) in [6.07, 6.45) is -2.20. The summed E-state index contributed by atoms with van der Waals surface area (Å²) in [5, 5.41) is 20.3. The molecule has 27 heavy (non-hydrogen) atoms. The molecule has 0 saturated carbocycles. The second-order valence-electron chi connectivity index (χ2n) is 5.32. The fourth-order valence-corrected chi connectivity index (χ4v) is 3.07. The Hall–Kier alpha value is -0.0400. The Morgan fingerprint density at radius 3 is 2.70 bits per heavy atom. The Morgan fingerprint density at radius 2 is 2.15 bits per heavy atom. The van der Waals surface area contributed by atoms with E-state index in [9.17, 15) is 34.1 Å². The third-order valence-corrected chi connectivity index (χ3v) is 4.68. The number of nitrogens with one attached hydrogen (secondary N) is 1. The molecule has 0 aromatic carbocycles. The number of carbonyl (C=O) groups excluding carboxylic acids is 1. The Balaban J connectivity index is 0.00000338. The van der Waals surface area contributed by atoms with Gasteiger partial charge < -0.3 is 33.7 Å².